The highest BCUT2D eigenvalue weighted by atomic mass is 32.1. The third-order valence-corrected chi connectivity index (χ3v) is 2.92. The minimum Gasteiger partial charge on any atom is -0.332 e. The van der Waals surface area contributed by atoms with E-state index in [-0.39, 0.29) is 0 Å². The van der Waals surface area contributed by atoms with Gasteiger partial charge < -0.3 is 4.52 Å². The van der Waals surface area contributed by atoms with E-state index in [1.165, 1.54) is 0 Å². The van der Waals surface area contributed by atoms with E-state index in [1.54, 1.807) is 17.5 Å². The van der Waals surface area contributed by atoms with Gasteiger partial charge in [0.05, 0.1) is 4.88 Å². The lowest BCUT2D eigenvalue weighted by Gasteiger charge is -1.89. The molecule has 0 aliphatic heterocycles. The van der Waals surface area contributed by atoms with Gasteiger partial charge in [-0.2, -0.15) is 4.98 Å². The molecule has 0 unspecified atom stereocenters. The van der Waals surface area contributed by atoms with E-state index >= 15 is 0 Å². The average molecular weight is 229 g/mol. The monoisotopic (exact) mass is 229 g/mol. The van der Waals surface area contributed by atoms with Crippen LogP contribution in [0, 0.1) is 0 Å². The van der Waals surface area contributed by atoms with Crippen LogP contribution >= 0.6 is 11.3 Å². The number of nitrogens with zero attached hydrogens (tertiary/aromatic N) is 3. The summed E-state index contributed by atoms with van der Waals surface area (Å²) >= 11 is 1.58. The third kappa shape index (κ3) is 1.61. The van der Waals surface area contributed by atoms with Gasteiger partial charge in [0.2, 0.25) is 5.82 Å². The first kappa shape index (κ1) is 9.23. The van der Waals surface area contributed by atoms with Crippen LogP contribution in [0.2, 0.25) is 0 Å². The molecule has 3 aromatic rings. The Morgan fingerprint density at radius 1 is 1.12 bits per heavy atom. The van der Waals surface area contributed by atoms with Gasteiger partial charge in [0.25, 0.3) is 5.89 Å². The van der Waals surface area contributed by atoms with E-state index in [4.69, 9.17) is 4.52 Å². The van der Waals surface area contributed by atoms with Crippen LogP contribution in [0.25, 0.3) is 22.3 Å². The highest BCUT2D eigenvalue weighted by Crippen LogP contribution is 2.23. The Morgan fingerprint density at radius 3 is 2.88 bits per heavy atom. The second kappa shape index (κ2) is 3.86. The van der Waals surface area contributed by atoms with Crippen LogP contribution in [-0.4, -0.2) is 15.1 Å². The van der Waals surface area contributed by atoms with Crippen LogP contribution in [0.3, 0.4) is 0 Å². The zero-order valence-electron chi connectivity index (χ0n) is 8.20. The van der Waals surface area contributed by atoms with Gasteiger partial charge in [-0.05, 0) is 23.6 Å². The quantitative estimate of drug-likeness (QED) is 0.678. The number of hydrogen-bond acceptors (Lipinski definition) is 5. The lowest BCUT2D eigenvalue weighted by molar-refractivity contribution is 0.431. The van der Waals surface area contributed by atoms with Crippen molar-refractivity contribution < 1.29 is 4.52 Å². The molecule has 0 spiro atoms. The minimum absolute atomic E-state index is 0.448. The van der Waals surface area contributed by atoms with Crippen molar-refractivity contribution in [1.82, 2.24) is 15.1 Å². The Bertz CT molecular complexity index is 574. The van der Waals surface area contributed by atoms with Crippen molar-refractivity contribution in [2.45, 2.75) is 0 Å². The maximum Gasteiger partial charge on any atom is 0.276 e. The molecule has 0 N–H and O–H groups in total. The highest BCUT2D eigenvalue weighted by Gasteiger charge is 2.11. The third-order valence-electron chi connectivity index (χ3n) is 2.05. The Balaban J connectivity index is 2.00. The van der Waals surface area contributed by atoms with Crippen molar-refractivity contribution in [3.05, 3.63) is 41.9 Å². The topological polar surface area (TPSA) is 51.8 Å². The molecular weight excluding hydrogens is 222 g/mol. The van der Waals surface area contributed by atoms with Gasteiger partial charge in [0, 0.05) is 6.20 Å². The summed E-state index contributed by atoms with van der Waals surface area (Å²) in [5.74, 6) is 1.06. The van der Waals surface area contributed by atoms with Crippen molar-refractivity contribution in [2.24, 2.45) is 0 Å². The second-order valence-corrected chi connectivity index (χ2v) is 4.06. The molecule has 3 rings (SSSR count). The molecule has 5 heteroatoms. The second-order valence-electron chi connectivity index (χ2n) is 3.12. The summed E-state index contributed by atoms with van der Waals surface area (Å²) in [4.78, 5) is 9.44. The van der Waals surface area contributed by atoms with E-state index < -0.39 is 0 Å². The van der Waals surface area contributed by atoms with Crippen LogP contribution in [0.1, 0.15) is 0 Å². The van der Waals surface area contributed by atoms with Crippen LogP contribution in [0.4, 0.5) is 0 Å². The molecule has 0 aliphatic rings. The molecule has 16 heavy (non-hydrogen) atoms. The van der Waals surface area contributed by atoms with Gasteiger partial charge >= 0.3 is 0 Å². The number of rotatable bonds is 2. The summed E-state index contributed by atoms with van der Waals surface area (Å²) in [6.07, 6.45) is 1.70. The highest BCUT2D eigenvalue weighted by molar-refractivity contribution is 7.13. The normalized spacial score (nSPS) is 10.5. The fourth-order valence-corrected chi connectivity index (χ4v) is 1.97. The van der Waals surface area contributed by atoms with Crippen molar-refractivity contribution in [3.8, 4) is 22.3 Å². The van der Waals surface area contributed by atoms with Crippen molar-refractivity contribution in [2.75, 3.05) is 0 Å². The fraction of sp³-hybridized carbons (Fsp3) is 0. The molecule has 0 fully saturated rings. The number of aromatic nitrogens is 3. The zero-order valence-corrected chi connectivity index (χ0v) is 9.02. The molecule has 0 aromatic carbocycles. The molecule has 0 saturated carbocycles. The fourth-order valence-electron chi connectivity index (χ4n) is 1.32. The first-order chi connectivity index (χ1) is 7.93. The molecular formula is C11H7N3OS. The van der Waals surface area contributed by atoms with Crippen molar-refractivity contribution >= 4 is 11.3 Å². The lowest BCUT2D eigenvalue weighted by Crippen LogP contribution is -1.81. The first-order valence-electron chi connectivity index (χ1n) is 4.72. The average Bonchev–Trinajstić information content (AvgIpc) is 3.01. The standard InChI is InChI=1S/C11H7N3OS/c1-2-6-12-8(4-1)11-13-10(14-15-11)9-5-3-7-16-9/h1-7H. The Hall–Kier alpha value is -2.01. The van der Waals surface area contributed by atoms with E-state index in [1.807, 2.05) is 35.7 Å². The molecule has 0 atom stereocenters. The molecule has 0 amide bonds. The van der Waals surface area contributed by atoms with Gasteiger partial charge in [0.1, 0.15) is 5.69 Å². The molecule has 78 valence electrons. The number of hydrogen-bond donors (Lipinski definition) is 0. The van der Waals surface area contributed by atoms with Gasteiger partial charge in [-0.25, -0.2) is 0 Å². The SMILES string of the molecule is c1ccc(-c2nc(-c3cccs3)no2)nc1. The maximum absolute atomic E-state index is 5.16. The molecule has 4 nitrogen and oxygen atoms in total. The van der Waals surface area contributed by atoms with Crippen LogP contribution < -0.4 is 0 Å². The molecule has 0 radical (unpaired) electrons. The largest absolute Gasteiger partial charge is 0.332 e. The Labute approximate surface area is 95.6 Å². The van der Waals surface area contributed by atoms with E-state index in [0.29, 0.717) is 17.4 Å². The molecule has 0 saturated heterocycles. The van der Waals surface area contributed by atoms with Gasteiger partial charge in [0.15, 0.2) is 0 Å². The first-order valence-corrected chi connectivity index (χ1v) is 5.60. The van der Waals surface area contributed by atoms with Crippen LogP contribution in [0.5, 0.6) is 0 Å². The van der Waals surface area contributed by atoms with Crippen molar-refractivity contribution in [3.63, 3.8) is 0 Å². The predicted molar refractivity (Wildman–Crippen MR) is 60.8 cm³/mol. The summed E-state index contributed by atoms with van der Waals surface area (Å²) in [6.45, 7) is 0. The summed E-state index contributed by atoms with van der Waals surface area (Å²) < 4.78 is 5.16. The van der Waals surface area contributed by atoms with Crippen LogP contribution in [-0.2, 0) is 0 Å². The summed E-state index contributed by atoms with van der Waals surface area (Å²) in [5, 5.41) is 5.90. The summed E-state index contributed by atoms with van der Waals surface area (Å²) in [6, 6.07) is 9.48. The van der Waals surface area contributed by atoms with Gasteiger partial charge in [-0.15, -0.1) is 11.3 Å². The van der Waals surface area contributed by atoms with Crippen LogP contribution in [0.15, 0.2) is 46.4 Å². The molecule has 0 aliphatic carbocycles. The zero-order chi connectivity index (χ0) is 10.8. The molecule has 3 aromatic heterocycles. The Kier molecular flexibility index (Phi) is 2.23. The Morgan fingerprint density at radius 2 is 2.12 bits per heavy atom. The van der Waals surface area contributed by atoms with Gasteiger partial charge in [-0.3, -0.25) is 4.98 Å². The lowest BCUT2D eigenvalue weighted by atomic mass is 10.3. The van der Waals surface area contributed by atoms with E-state index in [0.717, 1.165) is 4.88 Å². The smallest absolute Gasteiger partial charge is 0.276 e. The minimum atomic E-state index is 0.448. The molecule has 0 bridgehead atoms. The van der Waals surface area contributed by atoms with E-state index in [2.05, 4.69) is 15.1 Å². The summed E-state index contributed by atoms with van der Waals surface area (Å²) in [5.41, 5.74) is 0.692. The molecule has 3 heterocycles. The van der Waals surface area contributed by atoms with E-state index in [9.17, 15) is 0 Å². The summed E-state index contributed by atoms with van der Waals surface area (Å²) in [7, 11) is 0. The number of pyridine rings is 1. The predicted octanol–water partition coefficient (Wildman–Crippen LogP) is 2.86. The van der Waals surface area contributed by atoms with Crippen molar-refractivity contribution in [1.29, 1.82) is 0 Å². The number of thiophene rings is 1. The maximum atomic E-state index is 5.16. The van der Waals surface area contributed by atoms with Gasteiger partial charge in [-0.1, -0.05) is 17.3 Å².